The maximum absolute atomic E-state index is 12.0. The van der Waals surface area contributed by atoms with Crippen LogP contribution in [0.2, 0.25) is 0 Å². The van der Waals surface area contributed by atoms with Gasteiger partial charge in [0.1, 0.15) is 5.69 Å². The molecule has 1 fully saturated rings. The van der Waals surface area contributed by atoms with Crippen molar-refractivity contribution in [3.8, 4) is 0 Å². The first-order valence-electron chi connectivity index (χ1n) is 6.28. The second kappa shape index (κ2) is 5.98. The molecule has 0 bridgehead atoms. The van der Waals surface area contributed by atoms with E-state index in [4.69, 9.17) is 9.84 Å². The van der Waals surface area contributed by atoms with Crippen LogP contribution >= 0.6 is 0 Å². The van der Waals surface area contributed by atoms with Crippen molar-refractivity contribution in [1.29, 1.82) is 0 Å². The molecule has 1 amide bonds. The van der Waals surface area contributed by atoms with Crippen LogP contribution in [0.3, 0.4) is 0 Å². The molecule has 108 valence electrons. The summed E-state index contributed by atoms with van der Waals surface area (Å²) < 4.78 is 5.14. The third-order valence-corrected chi connectivity index (χ3v) is 3.25. The number of pyridine rings is 1. The van der Waals surface area contributed by atoms with Crippen molar-refractivity contribution in [3.63, 3.8) is 0 Å². The summed E-state index contributed by atoms with van der Waals surface area (Å²) in [7, 11) is 0. The highest BCUT2D eigenvalue weighted by Gasteiger charge is 2.30. The number of carboxylic acids is 1. The van der Waals surface area contributed by atoms with Crippen LogP contribution in [0.1, 0.15) is 33.7 Å². The van der Waals surface area contributed by atoms with Gasteiger partial charge in [0, 0.05) is 38.8 Å². The van der Waals surface area contributed by atoms with Crippen LogP contribution in [-0.2, 0) is 4.74 Å². The summed E-state index contributed by atoms with van der Waals surface area (Å²) in [5.74, 6) is -1.82. The largest absolute Gasteiger partial charge is 0.478 e. The Labute approximate surface area is 115 Å². The first-order valence-corrected chi connectivity index (χ1v) is 6.28. The minimum absolute atomic E-state index is 0.0465. The lowest BCUT2D eigenvalue weighted by molar-refractivity contribution is -0.0605. The zero-order valence-electron chi connectivity index (χ0n) is 10.8. The Kier molecular flexibility index (Phi) is 4.31. The average Bonchev–Trinajstić information content (AvgIpc) is 2.45. The number of ether oxygens (including phenoxy) is 1. The molecular weight excluding hydrogens is 264 g/mol. The van der Waals surface area contributed by atoms with Gasteiger partial charge in [-0.15, -0.1) is 0 Å². The molecule has 1 aromatic rings. The molecule has 1 aromatic heterocycles. The van der Waals surface area contributed by atoms with Gasteiger partial charge in [-0.1, -0.05) is 0 Å². The Balaban J connectivity index is 2.03. The number of carboxylic acid groups (broad SMARTS) is 1. The van der Waals surface area contributed by atoms with Crippen molar-refractivity contribution in [3.05, 3.63) is 29.6 Å². The molecule has 7 nitrogen and oxygen atoms in total. The summed E-state index contributed by atoms with van der Waals surface area (Å²) in [4.78, 5) is 26.8. The predicted molar refractivity (Wildman–Crippen MR) is 68.5 cm³/mol. The molecule has 0 aromatic carbocycles. The molecule has 3 N–H and O–H groups in total. The first kappa shape index (κ1) is 14.4. The number of nitrogens with zero attached hydrogens (tertiary/aromatic N) is 1. The lowest BCUT2D eigenvalue weighted by Gasteiger charge is -2.32. The SMILES string of the molecule is O=C(O)c1cccnc1C(=O)NCC1(O)CCOCC1. The molecule has 0 aliphatic carbocycles. The lowest BCUT2D eigenvalue weighted by atomic mass is 9.94. The summed E-state index contributed by atoms with van der Waals surface area (Å²) in [6.07, 6.45) is 2.22. The fraction of sp³-hybridized carbons (Fsp3) is 0.462. The Hall–Kier alpha value is -1.99. The normalized spacial score (nSPS) is 17.4. The van der Waals surface area contributed by atoms with E-state index in [1.54, 1.807) is 0 Å². The molecule has 7 heteroatoms. The average molecular weight is 280 g/mol. The Morgan fingerprint density at radius 3 is 2.75 bits per heavy atom. The van der Waals surface area contributed by atoms with E-state index in [2.05, 4.69) is 10.3 Å². The quantitative estimate of drug-likeness (QED) is 0.719. The summed E-state index contributed by atoms with van der Waals surface area (Å²) in [5.41, 5.74) is -1.33. The number of nitrogens with one attached hydrogen (secondary N) is 1. The zero-order chi connectivity index (χ0) is 14.6. The fourth-order valence-electron chi connectivity index (χ4n) is 2.02. The Bertz CT molecular complexity index is 511. The van der Waals surface area contributed by atoms with Gasteiger partial charge in [-0.3, -0.25) is 9.78 Å². The van der Waals surface area contributed by atoms with Crippen LogP contribution < -0.4 is 5.32 Å². The molecule has 0 spiro atoms. The monoisotopic (exact) mass is 280 g/mol. The minimum atomic E-state index is -1.21. The van der Waals surface area contributed by atoms with Crippen LogP contribution in [-0.4, -0.2) is 52.4 Å². The Morgan fingerprint density at radius 2 is 2.10 bits per heavy atom. The Morgan fingerprint density at radius 1 is 1.40 bits per heavy atom. The molecule has 1 saturated heterocycles. The van der Waals surface area contributed by atoms with E-state index in [9.17, 15) is 14.7 Å². The van der Waals surface area contributed by atoms with Crippen LogP contribution in [0, 0.1) is 0 Å². The molecular formula is C13H16N2O5. The zero-order valence-corrected chi connectivity index (χ0v) is 10.8. The lowest BCUT2D eigenvalue weighted by Crippen LogP contribution is -2.46. The van der Waals surface area contributed by atoms with Gasteiger partial charge in [0.15, 0.2) is 0 Å². The topological polar surface area (TPSA) is 109 Å². The maximum atomic E-state index is 12.0. The summed E-state index contributed by atoms with van der Waals surface area (Å²) >= 11 is 0. The number of rotatable bonds is 4. The summed E-state index contributed by atoms with van der Waals surface area (Å²) in [5, 5.41) is 21.7. The van der Waals surface area contributed by atoms with Crippen LogP contribution in [0.15, 0.2) is 18.3 Å². The van der Waals surface area contributed by atoms with Gasteiger partial charge >= 0.3 is 5.97 Å². The van der Waals surface area contributed by atoms with E-state index in [1.165, 1.54) is 18.3 Å². The molecule has 1 aliphatic rings. The summed E-state index contributed by atoms with van der Waals surface area (Å²) in [6.45, 7) is 0.928. The molecule has 2 rings (SSSR count). The number of carbonyl (C=O) groups excluding carboxylic acids is 1. The van der Waals surface area contributed by atoms with Crippen LogP contribution in [0.5, 0.6) is 0 Å². The van der Waals surface area contributed by atoms with Gasteiger partial charge < -0.3 is 20.3 Å². The number of aromatic nitrogens is 1. The summed E-state index contributed by atoms with van der Waals surface area (Å²) in [6, 6.07) is 2.76. The number of amides is 1. The highest BCUT2D eigenvalue weighted by Crippen LogP contribution is 2.19. The molecule has 0 atom stereocenters. The van der Waals surface area contributed by atoms with Crippen LogP contribution in [0.25, 0.3) is 0 Å². The van der Waals surface area contributed by atoms with Crippen LogP contribution in [0.4, 0.5) is 0 Å². The molecule has 0 saturated carbocycles. The molecule has 1 aliphatic heterocycles. The molecule has 0 radical (unpaired) electrons. The molecule has 20 heavy (non-hydrogen) atoms. The van der Waals surface area contributed by atoms with Gasteiger partial charge in [-0.2, -0.15) is 0 Å². The van der Waals surface area contributed by atoms with Crippen molar-refractivity contribution < 1.29 is 24.5 Å². The van der Waals surface area contributed by atoms with Crippen molar-refractivity contribution in [1.82, 2.24) is 10.3 Å². The standard InChI is InChI=1S/C13H16N2O5/c16-11(10-9(12(17)18)2-1-5-14-10)15-8-13(19)3-6-20-7-4-13/h1-2,5,19H,3-4,6-8H2,(H,15,16)(H,17,18). The second-order valence-electron chi connectivity index (χ2n) is 4.72. The molecule has 0 unspecified atom stereocenters. The third kappa shape index (κ3) is 3.31. The first-order chi connectivity index (χ1) is 9.52. The van der Waals surface area contributed by atoms with E-state index >= 15 is 0 Å². The predicted octanol–water partition coefficient (Wildman–Crippen LogP) is 0.0511. The van der Waals surface area contributed by atoms with E-state index in [0.29, 0.717) is 26.1 Å². The van der Waals surface area contributed by atoms with E-state index < -0.39 is 17.5 Å². The maximum Gasteiger partial charge on any atom is 0.338 e. The smallest absolute Gasteiger partial charge is 0.338 e. The van der Waals surface area contributed by atoms with E-state index in [1.807, 2.05) is 0 Å². The van der Waals surface area contributed by atoms with Crippen molar-refractivity contribution >= 4 is 11.9 Å². The number of hydrogen-bond donors (Lipinski definition) is 3. The van der Waals surface area contributed by atoms with Crippen molar-refractivity contribution in [2.24, 2.45) is 0 Å². The highest BCUT2D eigenvalue weighted by molar-refractivity contribution is 6.03. The number of aromatic carboxylic acids is 1. The van der Waals surface area contributed by atoms with Crippen molar-refractivity contribution in [2.45, 2.75) is 18.4 Å². The molecule has 2 heterocycles. The number of aliphatic hydroxyl groups is 1. The minimum Gasteiger partial charge on any atom is -0.478 e. The van der Waals surface area contributed by atoms with E-state index in [-0.39, 0.29) is 17.8 Å². The highest BCUT2D eigenvalue weighted by atomic mass is 16.5. The van der Waals surface area contributed by atoms with Gasteiger partial charge in [0.25, 0.3) is 5.91 Å². The van der Waals surface area contributed by atoms with Crippen molar-refractivity contribution in [2.75, 3.05) is 19.8 Å². The van der Waals surface area contributed by atoms with Gasteiger partial charge in [0.2, 0.25) is 0 Å². The fourth-order valence-corrected chi connectivity index (χ4v) is 2.02. The van der Waals surface area contributed by atoms with E-state index in [0.717, 1.165) is 0 Å². The number of carbonyl (C=O) groups is 2. The third-order valence-electron chi connectivity index (χ3n) is 3.25. The van der Waals surface area contributed by atoms with Gasteiger partial charge in [-0.05, 0) is 12.1 Å². The number of hydrogen-bond acceptors (Lipinski definition) is 5. The van der Waals surface area contributed by atoms with Gasteiger partial charge in [-0.25, -0.2) is 4.79 Å². The van der Waals surface area contributed by atoms with Gasteiger partial charge in [0.05, 0.1) is 11.2 Å². The second-order valence-corrected chi connectivity index (χ2v) is 4.72.